The van der Waals surface area contributed by atoms with Crippen LogP contribution in [-0.2, 0) is 27.6 Å². The molecule has 9 heteroatoms. The molecule has 1 aliphatic carbocycles. The number of sulfonamides is 1. The number of hydrogen-bond acceptors (Lipinski definition) is 6. The molecule has 1 aliphatic rings. The number of ether oxygens (including phenoxy) is 1. The largest absolute Gasteiger partial charge is 0.462 e. The highest BCUT2D eigenvalue weighted by molar-refractivity contribution is 7.92. The van der Waals surface area contributed by atoms with Crippen LogP contribution in [0.4, 0.5) is 10.7 Å². The van der Waals surface area contributed by atoms with Gasteiger partial charge in [0.05, 0.1) is 17.1 Å². The van der Waals surface area contributed by atoms with Gasteiger partial charge in [-0.05, 0) is 74.6 Å². The van der Waals surface area contributed by atoms with Crippen molar-refractivity contribution in [3.05, 3.63) is 76.2 Å². The number of nitrogens with one attached hydrogen (secondary N) is 2. The minimum atomic E-state index is -3.72. The Morgan fingerprint density at radius 3 is 2.38 bits per heavy atom. The number of anilines is 2. The number of aryl methyl sites for hydroxylation is 1. The molecule has 0 spiro atoms. The van der Waals surface area contributed by atoms with E-state index in [9.17, 15) is 18.0 Å². The van der Waals surface area contributed by atoms with Crippen molar-refractivity contribution in [1.82, 2.24) is 0 Å². The highest BCUT2D eigenvalue weighted by atomic mass is 32.2. The molecule has 2 aromatic carbocycles. The predicted octanol–water partition coefficient (Wildman–Crippen LogP) is 5.25. The van der Waals surface area contributed by atoms with Gasteiger partial charge in [-0.3, -0.25) is 9.52 Å². The molecule has 1 heterocycles. The zero-order chi connectivity index (χ0) is 24.1. The molecular formula is C25H26N2O5S2. The topological polar surface area (TPSA) is 102 Å². The first kappa shape index (κ1) is 24.0. The van der Waals surface area contributed by atoms with Crippen LogP contribution in [0, 0.1) is 0 Å². The van der Waals surface area contributed by atoms with E-state index in [2.05, 4.69) is 10.0 Å². The van der Waals surface area contributed by atoms with E-state index in [4.69, 9.17) is 4.74 Å². The third kappa shape index (κ3) is 5.31. The lowest BCUT2D eigenvalue weighted by atomic mass is 10.1. The number of carbonyl (C=O) groups excluding carboxylic acids is 2. The van der Waals surface area contributed by atoms with Crippen molar-refractivity contribution in [2.24, 2.45) is 0 Å². The van der Waals surface area contributed by atoms with Crippen LogP contribution in [0.1, 0.15) is 57.3 Å². The Kier molecular flexibility index (Phi) is 7.33. The summed E-state index contributed by atoms with van der Waals surface area (Å²) in [4.78, 5) is 26.9. The summed E-state index contributed by atoms with van der Waals surface area (Å²) in [6.45, 7) is 2.02. The van der Waals surface area contributed by atoms with Gasteiger partial charge in [0.1, 0.15) is 5.00 Å². The van der Waals surface area contributed by atoms with E-state index in [0.29, 0.717) is 21.8 Å². The number of thiophene rings is 1. The van der Waals surface area contributed by atoms with Gasteiger partial charge >= 0.3 is 5.97 Å². The lowest BCUT2D eigenvalue weighted by molar-refractivity contribution is 0.0527. The molecule has 0 saturated heterocycles. The molecule has 0 radical (unpaired) electrons. The summed E-state index contributed by atoms with van der Waals surface area (Å²) in [5.41, 5.74) is 2.14. The summed E-state index contributed by atoms with van der Waals surface area (Å²) in [5, 5.41) is 3.38. The second-order valence-corrected chi connectivity index (χ2v) is 10.7. The van der Waals surface area contributed by atoms with Gasteiger partial charge < -0.3 is 10.1 Å². The van der Waals surface area contributed by atoms with Crippen LogP contribution in [0.5, 0.6) is 0 Å². The summed E-state index contributed by atoms with van der Waals surface area (Å²) >= 11 is 1.44. The van der Waals surface area contributed by atoms with E-state index in [1.807, 2.05) is 0 Å². The maximum atomic E-state index is 13.0. The van der Waals surface area contributed by atoms with Crippen molar-refractivity contribution in [1.29, 1.82) is 0 Å². The molecule has 178 valence electrons. The molecule has 0 saturated carbocycles. The lowest BCUT2D eigenvalue weighted by Gasteiger charge is -2.10. The zero-order valence-electron chi connectivity index (χ0n) is 18.8. The minimum Gasteiger partial charge on any atom is -0.462 e. The standard InChI is InChI=1S/C25H26N2O5S2/c1-2-32-25(29)22-20-11-7-4-8-12-21(20)33-24(22)26-23(28)17-13-15-18(16-14-17)27-34(30,31)19-9-5-3-6-10-19/h3,5-6,9-10,13-16,27H,2,4,7-8,11-12H2,1H3,(H,26,28). The van der Waals surface area contributed by atoms with Crippen molar-refractivity contribution in [3.8, 4) is 0 Å². The van der Waals surface area contributed by atoms with Crippen molar-refractivity contribution in [2.75, 3.05) is 16.6 Å². The van der Waals surface area contributed by atoms with Gasteiger partial charge in [0.15, 0.2) is 0 Å². The number of rotatable bonds is 7. The molecule has 0 atom stereocenters. The quantitative estimate of drug-likeness (QED) is 0.342. The molecule has 1 amide bonds. The molecule has 0 unspecified atom stereocenters. The molecule has 1 aromatic heterocycles. The van der Waals surface area contributed by atoms with Gasteiger partial charge in [0, 0.05) is 16.1 Å². The number of benzene rings is 2. The van der Waals surface area contributed by atoms with Crippen LogP contribution in [0.2, 0.25) is 0 Å². The predicted molar refractivity (Wildman–Crippen MR) is 133 cm³/mol. The van der Waals surface area contributed by atoms with E-state index >= 15 is 0 Å². The molecule has 3 aromatic rings. The van der Waals surface area contributed by atoms with Crippen LogP contribution >= 0.6 is 11.3 Å². The monoisotopic (exact) mass is 498 g/mol. The molecule has 2 N–H and O–H groups in total. The van der Waals surface area contributed by atoms with E-state index in [-0.39, 0.29) is 17.4 Å². The third-order valence-electron chi connectivity index (χ3n) is 5.58. The molecular weight excluding hydrogens is 472 g/mol. The first-order valence-electron chi connectivity index (χ1n) is 11.2. The van der Waals surface area contributed by atoms with Crippen LogP contribution in [0.15, 0.2) is 59.5 Å². The summed E-state index contributed by atoms with van der Waals surface area (Å²) in [5.74, 6) is -0.790. The van der Waals surface area contributed by atoms with E-state index in [1.54, 1.807) is 37.3 Å². The smallest absolute Gasteiger partial charge is 0.341 e. The normalized spacial score (nSPS) is 13.4. The molecule has 4 rings (SSSR count). The number of fused-ring (bicyclic) bond motifs is 1. The minimum absolute atomic E-state index is 0.153. The fourth-order valence-corrected chi connectivity index (χ4v) is 6.28. The molecule has 7 nitrogen and oxygen atoms in total. The van der Waals surface area contributed by atoms with E-state index < -0.39 is 16.0 Å². The Balaban J connectivity index is 1.53. The fourth-order valence-electron chi connectivity index (χ4n) is 3.93. The Morgan fingerprint density at radius 2 is 1.68 bits per heavy atom. The molecule has 0 aliphatic heterocycles. The van der Waals surface area contributed by atoms with Crippen LogP contribution < -0.4 is 10.0 Å². The maximum Gasteiger partial charge on any atom is 0.341 e. The second-order valence-electron chi connectivity index (χ2n) is 7.94. The summed E-state index contributed by atoms with van der Waals surface area (Å²) in [7, 11) is -3.72. The Hall–Kier alpha value is -3.17. The van der Waals surface area contributed by atoms with Gasteiger partial charge in [0.25, 0.3) is 15.9 Å². The van der Waals surface area contributed by atoms with Gasteiger partial charge in [-0.25, -0.2) is 13.2 Å². The van der Waals surface area contributed by atoms with Gasteiger partial charge in [-0.15, -0.1) is 11.3 Å². The van der Waals surface area contributed by atoms with E-state index in [0.717, 1.165) is 42.5 Å². The van der Waals surface area contributed by atoms with Crippen molar-refractivity contribution in [3.63, 3.8) is 0 Å². The average molecular weight is 499 g/mol. The lowest BCUT2D eigenvalue weighted by Crippen LogP contribution is -2.16. The van der Waals surface area contributed by atoms with Gasteiger partial charge in [0.2, 0.25) is 0 Å². The summed E-state index contributed by atoms with van der Waals surface area (Å²) in [6, 6.07) is 14.2. The Morgan fingerprint density at radius 1 is 0.971 bits per heavy atom. The molecule has 0 fully saturated rings. The molecule has 0 bridgehead atoms. The zero-order valence-corrected chi connectivity index (χ0v) is 20.4. The van der Waals surface area contributed by atoms with Crippen LogP contribution in [0.25, 0.3) is 0 Å². The Bertz CT molecular complexity index is 1280. The van der Waals surface area contributed by atoms with E-state index in [1.165, 1.54) is 35.6 Å². The SMILES string of the molecule is CCOC(=O)c1c(NC(=O)c2ccc(NS(=O)(=O)c3ccccc3)cc2)sc2c1CCCCC2. The first-order chi connectivity index (χ1) is 16.4. The highest BCUT2D eigenvalue weighted by Gasteiger charge is 2.27. The van der Waals surface area contributed by atoms with Crippen molar-refractivity contribution in [2.45, 2.75) is 43.9 Å². The summed E-state index contributed by atoms with van der Waals surface area (Å²) in [6.07, 6.45) is 4.86. The number of esters is 1. The second kappa shape index (κ2) is 10.4. The number of carbonyl (C=O) groups is 2. The highest BCUT2D eigenvalue weighted by Crippen LogP contribution is 2.38. The number of hydrogen-bond donors (Lipinski definition) is 2. The van der Waals surface area contributed by atoms with Crippen molar-refractivity contribution >= 4 is 43.9 Å². The first-order valence-corrected chi connectivity index (χ1v) is 13.5. The van der Waals surface area contributed by atoms with Gasteiger partial charge in [-0.2, -0.15) is 0 Å². The third-order valence-corrected chi connectivity index (χ3v) is 8.19. The average Bonchev–Trinajstić information content (AvgIpc) is 3.00. The van der Waals surface area contributed by atoms with Crippen molar-refractivity contribution < 1.29 is 22.7 Å². The Labute approximate surface area is 203 Å². The van der Waals surface area contributed by atoms with Crippen LogP contribution in [0.3, 0.4) is 0 Å². The maximum absolute atomic E-state index is 13.0. The number of amides is 1. The summed E-state index contributed by atoms with van der Waals surface area (Å²) < 4.78 is 32.8. The van der Waals surface area contributed by atoms with Gasteiger partial charge in [-0.1, -0.05) is 24.6 Å². The fraction of sp³-hybridized carbons (Fsp3) is 0.280. The van der Waals surface area contributed by atoms with Crippen LogP contribution in [-0.4, -0.2) is 26.9 Å². The molecule has 34 heavy (non-hydrogen) atoms.